The van der Waals surface area contributed by atoms with Crippen LogP contribution in [0.2, 0.25) is 0 Å². The number of hydrogen-bond acceptors (Lipinski definition) is 5. The van der Waals surface area contributed by atoms with E-state index in [0.717, 1.165) is 43.9 Å². The van der Waals surface area contributed by atoms with Gasteiger partial charge in [-0.25, -0.2) is 0 Å². The smallest absolute Gasteiger partial charge is 0.306 e. The maximum atomic E-state index is 12.1. The van der Waals surface area contributed by atoms with E-state index in [1.807, 2.05) is 6.92 Å². The van der Waals surface area contributed by atoms with Crippen molar-refractivity contribution in [3.05, 3.63) is 23.3 Å². The van der Waals surface area contributed by atoms with Crippen molar-refractivity contribution >= 4 is 5.97 Å². The van der Waals surface area contributed by atoms with Crippen LogP contribution in [0.5, 0.6) is 11.5 Å². The van der Waals surface area contributed by atoms with E-state index in [1.54, 1.807) is 14.2 Å². The topological polar surface area (TPSA) is 48.0 Å². The van der Waals surface area contributed by atoms with Gasteiger partial charge in [-0.2, -0.15) is 0 Å². The standard InChI is InChI=1S/C21H31NO4/c1-5-14-13-22-8-7-15-10-19(24-3)20(25-4)12-17(15)18(22)9-16(14)11-21(23)26-6-2/h10,12,14,16,18H,5-9,11,13H2,1-4H3/t14-,16+,18+/m0/s1. The highest BCUT2D eigenvalue weighted by atomic mass is 16.5. The number of hydrogen-bond donors (Lipinski definition) is 0. The summed E-state index contributed by atoms with van der Waals surface area (Å²) in [5.74, 6) is 2.45. The Balaban J connectivity index is 1.87. The molecule has 1 fully saturated rings. The highest BCUT2D eigenvalue weighted by Gasteiger charge is 2.39. The van der Waals surface area contributed by atoms with Crippen LogP contribution in [0.1, 0.15) is 50.3 Å². The molecule has 0 unspecified atom stereocenters. The van der Waals surface area contributed by atoms with Crippen molar-refractivity contribution in [1.82, 2.24) is 4.90 Å². The Kier molecular flexibility index (Phi) is 6.07. The lowest BCUT2D eigenvalue weighted by molar-refractivity contribution is -0.145. The minimum atomic E-state index is -0.0623. The Hall–Kier alpha value is -1.75. The van der Waals surface area contributed by atoms with Crippen molar-refractivity contribution in [2.45, 2.75) is 45.6 Å². The highest BCUT2D eigenvalue weighted by Crippen LogP contribution is 2.45. The molecule has 2 aliphatic rings. The zero-order chi connectivity index (χ0) is 18.7. The molecule has 0 bridgehead atoms. The third-order valence-electron chi connectivity index (χ3n) is 6.03. The highest BCUT2D eigenvalue weighted by molar-refractivity contribution is 5.69. The third kappa shape index (κ3) is 3.68. The van der Waals surface area contributed by atoms with Crippen LogP contribution in [0.4, 0.5) is 0 Å². The van der Waals surface area contributed by atoms with E-state index < -0.39 is 0 Å². The predicted octanol–water partition coefficient (Wildman–Crippen LogP) is 3.60. The summed E-state index contributed by atoms with van der Waals surface area (Å²) in [6, 6.07) is 4.61. The second-order valence-corrected chi connectivity index (χ2v) is 7.34. The van der Waals surface area contributed by atoms with Gasteiger partial charge in [-0.3, -0.25) is 9.69 Å². The Bertz CT molecular complexity index is 645. The summed E-state index contributed by atoms with van der Waals surface area (Å²) in [4.78, 5) is 14.7. The van der Waals surface area contributed by atoms with Gasteiger partial charge in [0.15, 0.2) is 11.5 Å². The van der Waals surface area contributed by atoms with Crippen molar-refractivity contribution in [2.24, 2.45) is 11.8 Å². The summed E-state index contributed by atoms with van der Waals surface area (Å²) in [7, 11) is 3.36. The SMILES string of the molecule is CCOC(=O)C[C@H]1C[C@@H]2c3cc(OC)c(OC)cc3CCN2C[C@@H]1CC. The molecule has 1 saturated heterocycles. The number of fused-ring (bicyclic) bond motifs is 3. The second kappa shape index (κ2) is 8.30. The van der Waals surface area contributed by atoms with Crippen LogP contribution in [0, 0.1) is 11.8 Å². The van der Waals surface area contributed by atoms with Crippen LogP contribution in [-0.2, 0) is 16.0 Å². The van der Waals surface area contributed by atoms with Crippen LogP contribution >= 0.6 is 0 Å². The first kappa shape index (κ1) is 19.0. The summed E-state index contributed by atoms with van der Waals surface area (Å²) in [6.45, 7) is 6.68. The van der Waals surface area contributed by atoms with E-state index in [1.165, 1.54) is 11.1 Å². The molecule has 0 radical (unpaired) electrons. The van der Waals surface area contributed by atoms with Crippen molar-refractivity contribution in [3.8, 4) is 11.5 Å². The maximum absolute atomic E-state index is 12.1. The third-order valence-corrected chi connectivity index (χ3v) is 6.03. The number of esters is 1. The number of rotatable bonds is 6. The number of methoxy groups -OCH3 is 2. The van der Waals surface area contributed by atoms with Crippen molar-refractivity contribution in [1.29, 1.82) is 0 Å². The van der Waals surface area contributed by atoms with Gasteiger partial charge >= 0.3 is 5.97 Å². The first-order valence-corrected chi connectivity index (χ1v) is 9.75. The number of carbonyl (C=O) groups excluding carboxylic acids is 1. The Morgan fingerprint density at radius 3 is 2.54 bits per heavy atom. The average Bonchev–Trinajstić information content (AvgIpc) is 2.66. The molecule has 0 aliphatic carbocycles. The molecule has 2 aliphatic heterocycles. The van der Waals surface area contributed by atoms with Crippen molar-refractivity contribution < 1.29 is 19.0 Å². The minimum absolute atomic E-state index is 0.0623. The molecule has 1 aromatic rings. The molecule has 0 N–H and O–H groups in total. The molecule has 0 spiro atoms. The Morgan fingerprint density at radius 1 is 1.15 bits per heavy atom. The molecule has 2 heterocycles. The van der Waals surface area contributed by atoms with Crippen LogP contribution in [0.3, 0.4) is 0 Å². The second-order valence-electron chi connectivity index (χ2n) is 7.34. The summed E-state index contributed by atoms with van der Waals surface area (Å²) in [5, 5.41) is 0. The minimum Gasteiger partial charge on any atom is -0.493 e. The lowest BCUT2D eigenvalue weighted by Crippen LogP contribution is -2.46. The largest absolute Gasteiger partial charge is 0.493 e. The van der Waals surface area contributed by atoms with Gasteiger partial charge in [-0.1, -0.05) is 13.3 Å². The van der Waals surface area contributed by atoms with Crippen LogP contribution in [-0.4, -0.2) is 44.8 Å². The summed E-state index contributed by atoms with van der Waals surface area (Å²) >= 11 is 0. The number of nitrogens with zero attached hydrogens (tertiary/aromatic N) is 1. The van der Waals surface area contributed by atoms with Crippen molar-refractivity contribution in [2.75, 3.05) is 33.9 Å². The fourth-order valence-corrected chi connectivity index (χ4v) is 4.65. The fourth-order valence-electron chi connectivity index (χ4n) is 4.65. The monoisotopic (exact) mass is 361 g/mol. The number of carbonyl (C=O) groups is 1. The molecular weight excluding hydrogens is 330 g/mol. The zero-order valence-electron chi connectivity index (χ0n) is 16.4. The maximum Gasteiger partial charge on any atom is 0.306 e. The van der Waals surface area contributed by atoms with E-state index >= 15 is 0 Å². The van der Waals surface area contributed by atoms with E-state index in [4.69, 9.17) is 14.2 Å². The molecule has 26 heavy (non-hydrogen) atoms. The van der Waals surface area contributed by atoms with E-state index in [-0.39, 0.29) is 5.97 Å². The van der Waals surface area contributed by atoms with Gasteiger partial charge < -0.3 is 14.2 Å². The molecule has 3 atom stereocenters. The predicted molar refractivity (Wildman–Crippen MR) is 101 cm³/mol. The number of piperidine rings is 1. The molecule has 0 amide bonds. The summed E-state index contributed by atoms with van der Waals surface area (Å²) in [5.41, 5.74) is 2.67. The zero-order valence-corrected chi connectivity index (χ0v) is 16.4. The number of benzene rings is 1. The normalized spacial score (nSPS) is 25.2. The number of ether oxygens (including phenoxy) is 3. The quantitative estimate of drug-likeness (QED) is 0.725. The molecule has 5 heteroatoms. The van der Waals surface area contributed by atoms with Gasteiger partial charge in [0.1, 0.15) is 0 Å². The first-order chi connectivity index (χ1) is 12.6. The first-order valence-electron chi connectivity index (χ1n) is 9.75. The Morgan fingerprint density at radius 2 is 1.88 bits per heavy atom. The molecule has 0 saturated carbocycles. The summed E-state index contributed by atoms with van der Waals surface area (Å²) < 4.78 is 16.2. The van der Waals surface area contributed by atoms with Gasteiger partial charge in [-0.15, -0.1) is 0 Å². The molecule has 5 nitrogen and oxygen atoms in total. The van der Waals surface area contributed by atoms with Crippen LogP contribution in [0.25, 0.3) is 0 Å². The Labute approximate surface area is 156 Å². The van der Waals surface area contributed by atoms with Gasteiger partial charge in [-0.05, 0) is 54.9 Å². The fraction of sp³-hybridized carbons (Fsp3) is 0.667. The lowest BCUT2D eigenvalue weighted by atomic mass is 9.74. The average molecular weight is 361 g/mol. The van der Waals surface area contributed by atoms with Crippen LogP contribution < -0.4 is 9.47 Å². The van der Waals surface area contributed by atoms with Gasteiger partial charge in [0, 0.05) is 25.6 Å². The van der Waals surface area contributed by atoms with Gasteiger partial charge in [0.05, 0.1) is 20.8 Å². The molecule has 1 aromatic carbocycles. The van der Waals surface area contributed by atoms with E-state index in [2.05, 4.69) is 24.0 Å². The van der Waals surface area contributed by atoms with Crippen molar-refractivity contribution in [3.63, 3.8) is 0 Å². The van der Waals surface area contributed by atoms with Gasteiger partial charge in [0.25, 0.3) is 0 Å². The molecule has 3 rings (SSSR count). The van der Waals surface area contributed by atoms with Gasteiger partial charge in [0.2, 0.25) is 0 Å². The molecule has 0 aromatic heterocycles. The molecular formula is C21H31NO4. The van der Waals surface area contributed by atoms with E-state index in [9.17, 15) is 4.79 Å². The van der Waals surface area contributed by atoms with Crippen LogP contribution in [0.15, 0.2) is 12.1 Å². The lowest BCUT2D eigenvalue weighted by Gasteiger charge is -2.47. The summed E-state index contributed by atoms with van der Waals surface area (Å²) in [6.07, 6.45) is 3.66. The molecule has 144 valence electrons. The van der Waals surface area contributed by atoms with E-state index in [0.29, 0.717) is 30.9 Å².